The molecule has 0 amide bonds. The Labute approximate surface area is 98.1 Å². The van der Waals surface area contributed by atoms with E-state index in [0.29, 0.717) is 16.3 Å². The van der Waals surface area contributed by atoms with Crippen LogP contribution >= 0.6 is 11.6 Å². The standard InChI is InChI=1S/C12H8ClN3/c13-10-1-2-12(15)11(4-10)9-3-8(5-14)6-16-7-9/h1-4,6-7H,15H2. The second-order valence-electron chi connectivity index (χ2n) is 3.31. The molecule has 4 heteroatoms. The third-order valence-corrected chi connectivity index (χ3v) is 2.43. The van der Waals surface area contributed by atoms with E-state index in [1.165, 1.54) is 6.20 Å². The van der Waals surface area contributed by atoms with Gasteiger partial charge in [-0.15, -0.1) is 0 Å². The number of nitrogens with two attached hydrogens (primary N) is 1. The van der Waals surface area contributed by atoms with Crippen molar-refractivity contribution in [2.45, 2.75) is 0 Å². The number of pyridine rings is 1. The van der Waals surface area contributed by atoms with E-state index >= 15 is 0 Å². The predicted octanol–water partition coefficient (Wildman–Crippen LogP) is 2.86. The van der Waals surface area contributed by atoms with Crippen molar-refractivity contribution in [3.63, 3.8) is 0 Å². The number of hydrogen-bond acceptors (Lipinski definition) is 3. The van der Waals surface area contributed by atoms with Crippen LogP contribution in [0.3, 0.4) is 0 Å². The van der Waals surface area contributed by atoms with Crippen LogP contribution in [0.25, 0.3) is 11.1 Å². The summed E-state index contributed by atoms with van der Waals surface area (Å²) in [4.78, 5) is 3.98. The number of nitriles is 1. The Morgan fingerprint density at radius 2 is 2.06 bits per heavy atom. The first kappa shape index (κ1) is 10.5. The van der Waals surface area contributed by atoms with Gasteiger partial charge in [0.2, 0.25) is 0 Å². The van der Waals surface area contributed by atoms with Crippen LogP contribution < -0.4 is 5.73 Å². The second-order valence-corrected chi connectivity index (χ2v) is 3.74. The fourth-order valence-electron chi connectivity index (χ4n) is 1.43. The van der Waals surface area contributed by atoms with Crippen LogP contribution in [0.5, 0.6) is 0 Å². The highest BCUT2D eigenvalue weighted by atomic mass is 35.5. The fourth-order valence-corrected chi connectivity index (χ4v) is 1.60. The van der Waals surface area contributed by atoms with Gasteiger partial charge in [0.05, 0.1) is 5.56 Å². The minimum atomic E-state index is 0.497. The van der Waals surface area contributed by atoms with Gasteiger partial charge in [0.15, 0.2) is 0 Å². The molecule has 0 aliphatic carbocycles. The SMILES string of the molecule is N#Cc1cncc(-c2cc(Cl)ccc2N)c1. The van der Waals surface area contributed by atoms with Crippen molar-refractivity contribution in [2.75, 3.05) is 5.73 Å². The minimum Gasteiger partial charge on any atom is -0.398 e. The highest BCUT2D eigenvalue weighted by molar-refractivity contribution is 6.31. The molecule has 0 saturated heterocycles. The summed E-state index contributed by atoms with van der Waals surface area (Å²) in [5.41, 5.74) is 8.53. The molecule has 1 aromatic carbocycles. The van der Waals surface area contributed by atoms with Crippen LogP contribution in [0.1, 0.15) is 5.56 Å². The van der Waals surface area contributed by atoms with Gasteiger partial charge in [-0.25, -0.2) is 0 Å². The van der Waals surface area contributed by atoms with Crippen molar-refractivity contribution in [1.29, 1.82) is 5.26 Å². The van der Waals surface area contributed by atoms with Crippen molar-refractivity contribution in [3.05, 3.63) is 47.2 Å². The maximum absolute atomic E-state index is 8.79. The molecular formula is C12H8ClN3. The third kappa shape index (κ3) is 1.97. The van der Waals surface area contributed by atoms with Crippen molar-refractivity contribution < 1.29 is 0 Å². The summed E-state index contributed by atoms with van der Waals surface area (Å²) in [6.07, 6.45) is 3.16. The predicted molar refractivity (Wildman–Crippen MR) is 63.8 cm³/mol. The van der Waals surface area contributed by atoms with Crippen LogP contribution in [0, 0.1) is 11.3 Å². The fraction of sp³-hybridized carbons (Fsp3) is 0. The molecule has 2 aromatic rings. The first-order chi connectivity index (χ1) is 7.70. The molecule has 3 nitrogen and oxygen atoms in total. The van der Waals surface area contributed by atoms with Crippen LogP contribution in [0.4, 0.5) is 5.69 Å². The van der Waals surface area contributed by atoms with Crippen molar-refractivity contribution in [3.8, 4) is 17.2 Å². The maximum atomic E-state index is 8.79. The molecule has 16 heavy (non-hydrogen) atoms. The van der Waals surface area contributed by atoms with E-state index in [2.05, 4.69) is 4.98 Å². The Bertz CT molecular complexity index is 573. The molecule has 0 radical (unpaired) electrons. The summed E-state index contributed by atoms with van der Waals surface area (Å²) in [6, 6.07) is 8.98. The summed E-state index contributed by atoms with van der Waals surface area (Å²) in [5.74, 6) is 0. The van der Waals surface area contributed by atoms with E-state index in [-0.39, 0.29) is 0 Å². The first-order valence-electron chi connectivity index (χ1n) is 4.61. The lowest BCUT2D eigenvalue weighted by atomic mass is 10.0. The summed E-state index contributed by atoms with van der Waals surface area (Å²) in [6.45, 7) is 0. The minimum absolute atomic E-state index is 0.497. The van der Waals surface area contributed by atoms with Gasteiger partial charge in [-0.2, -0.15) is 5.26 Å². The van der Waals surface area contributed by atoms with Gasteiger partial charge in [-0.05, 0) is 24.3 Å². The smallest absolute Gasteiger partial charge is 0.101 e. The van der Waals surface area contributed by atoms with E-state index in [1.807, 2.05) is 6.07 Å². The Balaban J connectivity index is 2.58. The highest BCUT2D eigenvalue weighted by Crippen LogP contribution is 2.28. The van der Waals surface area contributed by atoms with E-state index in [1.54, 1.807) is 30.5 Å². The summed E-state index contributed by atoms with van der Waals surface area (Å²) >= 11 is 5.90. The zero-order valence-corrected chi connectivity index (χ0v) is 9.07. The van der Waals surface area contributed by atoms with Gasteiger partial charge < -0.3 is 5.73 Å². The van der Waals surface area contributed by atoms with Gasteiger partial charge >= 0.3 is 0 Å². The number of hydrogen-bond donors (Lipinski definition) is 1. The largest absolute Gasteiger partial charge is 0.398 e. The maximum Gasteiger partial charge on any atom is 0.101 e. The van der Waals surface area contributed by atoms with Gasteiger partial charge in [0.25, 0.3) is 0 Å². The lowest BCUT2D eigenvalue weighted by molar-refractivity contribution is 1.30. The van der Waals surface area contributed by atoms with E-state index in [0.717, 1.165) is 11.1 Å². The van der Waals surface area contributed by atoms with Crippen LogP contribution in [0.2, 0.25) is 5.02 Å². The number of rotatable bonds is 1. The Hall–Kier alpha value is -2.05. The van der Waals surface area contributed by atoms with Gasteiger partial charge in [0, 0.05) is 34.2 Å². The Kier molecular flexibility index (Phi) is 2.76. The van der Waals surface area contributed by atoms with Crippen molar-refractivity contribution >= 4 is 17.3 Å². The summed E-state index contributed by atoms with van der Waals surface area (Å²) in [5, 5.41) is 9.39. The molecule has 0 aliphatic rings. The summed E-state index contributed by atoms with van der Waals surface area (Å²) in [7, 11) is 0. The molecule has 0 spiro atoms. The lowest BCUT2D eigenvalue weighted by Gasteiger charge is -2.05. The lowest BCUT2D eigenvalue weighted by Crippen LogP contribution is -1.91. The van der Waals surface area contributed by atoms with Gasteiger partial charge in [-0.3, -0.25) is 4.98 Å². The van der Waals surface area contributed by atoms with E-state index in [4.69, 9.17) is 22.6 Å². The van der Waals surface area contributed by atoms with E-state index in [9.17, 15) is 0 Å². The molecule has 78 valence electrons. The number of aromatic nitrogens is 1. The number of nitrogens with zero attached hydrogens (tertiary/aromatic N) is 2. The molecule has 1 heterocycles. The average molecular weight is 230 g/mol. The number of nitrogen functional groups attached to an aromatic ring is 1. The van der Waals surface area contributed by atoms with Gasteiger partial charge in [0.1, 0.15) is 6.07 Å². The second kappa shape index (κ2) is 4.21. The zero-order valence-electron chi connectivity index (χ0n) is 8.31. The quantitative estimate of drug-likeness (QED) is 0.765. The molecule has 2 rings (SSSR count). The molecule has 0 atom stereocenters. The van der Waals surface area contributed by atoms with Crippen molar-refractivity contribution in [2.24, 2.45) is 0 Å². The molecular weight excluding hydrogens is 222 g/mol. The molecule has 0 aliphatic heterocycles. The Morgan fingerprint density at radius 1 is 1.25 bits per heavy atom. The van der Waals surface area contributed by atoms with E-state index < -0.39 is 0 Å². The van der Waals surface area contributed by atoms with Crippen LogP contribution in [-0.4, -0.2) is 4.98 Å². The monoisotopic (exact) mass is 229 g/mol. The zero-order chi connectivity index (χ0) is 11.5. The number of benzene rings is 1. The third-order valence-electron chi connectivity index (χ3n) is 2.19. The average Bonchev–Trinajstić information content (AvgIpc) is 2.32. The molecule has 0 unspecified atom stereocenters. The highest BCUT2D eigenvalue weighted by Gasteiger charge is 2.04. The molecule has 2 N–H and O–H groups in total. The topological polar surface area (TPSA) is 62.7 Å². The number of halogens is 1. The van der Waals surface area contributed by atoms with Crippen LogP contribution in [0.15, 0.2) is 36.7 Å². The molecule has 0 fully saturated rings. The normalized spacial score (nSPS) is 9.75. The van der Waals surface area contributed by atoms with Crippen LogP contribution in [-0.2, 0) is 0 Å². The molecule has 0 bridgehead atoms. The van der Waals surface area contributed by atoms with Gasteiger partial charge in [-0.1, -0.05) is 11.6 Å². The first-order valence-corrected chi connectivity index (χ1v) is 4.99. The summed E-state index contributed by atoms with van der Waals surface area (Å²) < 4.78 is 0. The molecule has 1 aromatic heterocycles. The number of anilines is 1. The van der Waals surface area contributed by atoms with Crippen molar-refractivity contribution in [1.82, 2.24) is 4.98 Å². The Morgan fingerprint density at radius 3 is 2.81 bits per heavy atom. The molecule has 0 saturated carbocycles.